The number of likely N-dealkylation sites (tertiary alicyclic amines) is 1. The van der Waals surface area contributed by atoms with Crippen LogP contribution in [0.2, 0.25) is 0 Å². The Labute approximate surface area is 177 Å². The van der Waals surface area contributed by atoms with Crippen molar-refractivity contribution in [3.63, 3.8) is 0 Å². The number of carbonyl (C=O) groups is 1. The zero-order valence-corrected chi connectivity index (χ0v) is 18.2. The summed E-state index contributed by atoms with van der Waals surface area (Å²) >= 11 is 0. The Bertz CT molecular complexity index is 941. The van der Waals surface area contributed by atoms with Crippen LogP contribution >= 0.6 is 0 Å². The number of ether oxygens (including phenoxy) is 1. The Morgan fingerprint density at radius 1 is 1.20 bits per heavy atom. The first-order valence-corrected chi connectivity index (χ1v) is 11.0. The maximum absolute atomic E-state index is 13.9. The van der Waals surface area contributed by atoms with Gasteiger partial charge < -0.3 is 9.64 Å². The molecule has 1 amide bonds. The van der Waals surface area contributed by atoms with Crippen molar-refractivity contribution in [2.75, 3.05) is 26.3 Å². The van der Waals surface area contributed by atoms with Gasteiger partial charge in [0.25, 0.3) is 0 Å². The quantitative estimate of drug-likeness (QED) is 0.774. The topological polar surface area (TPSA) is 69.4 Å². The van der Waals surface area contributed by atoms with Crippen LogP contribution in [0.4, 0.5) is 0 Å². The molecule has 0 saturated carbocycles. The van der Waals surface area contributed by atoms with E-state index in [0.717, 1.165) is 30.8 Å². The smallest absolute Gasteiger partial charge is 0.345 e. The third-order valence-corrected chi connectivity index (χ3v) is 6.65. The molecule has 3 heterocycles. The third kappa shape index (κ3) is 3.60. The number of nitrogens with zero attached hydrogens (tertiary/aromatic N) is 4. The second-order valence-corrected chi connectivity index (χ2v) is 8.88. The fourth-order valence-corrected chi connectivity index (χ4v) is 5.04. The first kappa shape index (κ1) is 20.8. The summed E-state index contributed by atoms with van der Waals surface area (Å²) in [5.74, 6) is 1.07. The van der Waals surface area contributed by atoms with Crippen LogP contribution in [0.1, 0.15) is 62.9 Å². The number of hydrogen-bond acceptors (Lipinski definition) is 4. The molecule has 30 heavy (non-hydrogen) atoms. The summed E-state index contributed by atoms with van der Waals surface area (Å²) in [6, 6.07) is 10.2. The number of hydrogen-bond donors (Lipinski definition) is 0. The lowest BCUT2D eigenvalue weighted by Crippen LogP contribution is -2.52. The highest BCUT2D eigenvalue weighted by molar-refractivity contribution is 5.88. The van der Waals surface area contributed by atoms with E-state index in [1.165, 1.54) is 4.68 Å². The van der Waals surface area contributed by atoms with Gasteiger partial charge in [0, 0.05) is 45.3 Å². The number of piperidine rings is 1. The summed E-state index contributed by atoms with van der Waals surface area (Å²) in [5.41, 5.74) is 0.467. The van der Waals surface area contributed by atoms with Crippen LogP contribution in [0.25, 0.3) is 0 Å². The average molecular weight is 413 g/mol. The highest BCUT2D eigenvalue weighted by atomic mass is 16.5. The van der Waals surface area contributed by atoms with Crippen LogP contribution in [0.3, 0.4) is 0 Å². The maximum Gasteiger partial charge on any atom is 0.345 e. The number of aromatic nitrogens is 3. The Kier molecular flexibility index (Phi) is 5.82. The van der Waals surface area contributed by atoms with Crippen molar-refractivity contribution in [1.82, 2.24) is 19.2 Å². The highest BCUT2D eigenvalue weighted by Gasteiger charge is 2.45. The van der Waals surface area contributed by atoms with E-state index in [9.17, 15) is 9.59 Å². The van der Waals surface area contributed by atoms with Gasteiger partial charge in [0.15, 0.2) is 0 Å². The molecule has 2 aromatic rings. The Morgan fingerprint density at radius 2 is 1.90 bits per heavy atom. The lowest BCUT2D eigenvalue weighted by Gasteiger charge is -2.42. The fourth-order valence-electron chi connectivity index (χ4n) is 5.04. The van der Waals surface area contributed by atoms with Crippen LogP contribution in [0.15, 0.2) is 35.1 Å². The lowest BCUT2D eigenvalue weighted by atomic mass is 9.72. The molecular weight excluding hydrogens is 380 g/mol. The van der Waals surface area contributed by atoms with Gasteiger partial charge in [0.2, 0.25) is 5.91 Å². The minimum absolute atomic E-state index is 0.0402. The summed E-state index contributed by atoms with van der Waals surface area (Å²) in [5, 5.41) is 4.55. The third-order valence-electron chi connectivity index (χ3n) is 6.65. The molecule has 0 aliphatic carbocycles. The molecule has 2 fully saturated rings. The van der Waals surface area contributed by atoms with Crippen LogP contribution in [-0.2, 0) is 22.0 Å². The maximum atomic E-state index is 13.9. The summed E-state index contributed by atoms with van der Waals surface area (Å²) in [6.07, 6.45) is 3.27. The van der Waals surface area contributed by atoms with Gasteiger partial charge in [0.05, 0.1) is 5.41 Å². The molecule has 1 unspecified atom stereocenters. The van der Waals surface area contributed by atoms with Gasteiger partial charge in [-0.25, -0.2) is 9.48 Å². The number of aryl methyl sites for hydroxylation is 1. The van der Waals surface area contributed by atoms with E-state index < -0.39 is 5.41 Å². The normalized spacial score (nSPS) is 21.7. The molecule has 7 heteroatoms. The molecule has 4 rings (SSSR count). The number of amides is 1. The first-order valence-electron chi connectivity index (χ1n) is 11.0. The second kappa shape index (κ2) is 8.38. The van der Waals surface area contributed by atoms with E-state index in [1.807, 2.05) is 36.9 Å². The number of carbonyl (C=O) groups excluding carboxylic acids is 1. The highest BCUT2D eigenvalue weighted by Crippen LogP contribution is 2.38. The minimum atomic E-state index is -0.525. The first-order chi connectivity index (χ1) is 14.4. The van der Waals surface area contributed by atoms with Gasteiger partial charge in [-0.3, -0.25) is 9.36 Å². The van der Waals surface area contributed by atoms with Gasteiger partial charge in [-0.2, -0.15) is 5.10 Å². The Morgan fingerprint density at radius 3 is 2.57 bits per heavy atom. The molecule has 0 N–H and O–H groups in total. The van der Waals surface area contributed by atoms with E-state index in [0.29, 0.717) is 32.6 Å². The van der Waals surface area contributed by atoms with Crippen LogP contribution in [0, 0.1) is 0 Å². The Hall–Kier alpha value is -2.41. The molecule has 7 nitrogen and oxygen atoms in total. The van der Waals surface area contributed by atoms with E-state index in [-0.39, 0.29) is 23.6 Å². The number of benzene rings is 1. The molecule has 162 valence electrons. The van der Waals surface area contributed by atoms with Gasteiger partial charge in [-0.1, -0.05) is 30.3 Å². The van der Waals surface area contributed by atoms with Crippen molar-refractivity contribution in [1.29, 1.82) is 0 Å². The summed E-state index contributed by atoms with van der Waals surface area (Å²) in [7, 11) is 1.70. The van der Waals surface area contributed by atoms with E-state index in [1.54, 1.807) is 11.6 Å². The molecule has 0 bridgehead atoms. The molecule has 2 aliphatic heterocycles. The zero-order valence-electron chi connectivity index (χ0n) is 18.2. The molecule has 1 aromatic carbocycles. The van der Waals surface area contributed by atoms with Crippen molar-refractivity contribution >= 4 is 5.91 Å². The second-order valence-electron chi connectivity index (χ2n) is 8.88. The van der Waals surface area contributed by atoms with Crippen molar-refractivity contribution < 1.29 is 9.53 Å². The summed E-state index contributed by atoms with van der Waals surface area (Å²) < 4.78 is 8.81. The fraction of sp³-hybridized carbons (Fsp3) is 0.609. The SMILES string of the molecule is CC(C)n1c(C2CCCN(C(=O)C3(c4ccccc4)CCOCC3)C2)nn(C)c1=O. The largest absolute Gasteiger partial charge is 0.381 e. The molecule has 1 atom stereocenters. The monoisotopic (exact) mass is 412 g/mol. The standard InChI is InChI=1S/C23H32N4O3/c1-17(2)27-20(24-25(3)22(27)29)18-8-7-13-26(16-18)21(28)23(11-14-30-15-12-23)19-9-5-4-6-10-19/h4-6,9-10,17-18H,7-8,11-16H2,1-3H3. The van der Waals surface area contributed by atoms with Crippen LogP contribution in [-0.4, -0.2) is 51.5 Å². The predicted molar refractivity (Wildman–Crippen MR) is 115 cm³/mol. The van der Waals surface area contributed by atoms with E-state index >= 15 is 0 Å². The molecule has 2 saturated heterocycles. The molecular formula is C23H32N4O3. The van der Waals surface area contributed by atoms with Crippen molar-refractivity contribution in [3.8, 4) is 0 Å². The van der Waals surface area contributed by atoms with Gasteiger partial charge >= 0.3 is 5.69 Å². The summed E-state index contributed by atoms with van der Waals surface area (Å²) in [4.78, 5) is 28.5. The minimum Gasteiger partial charge on any atom is -0.381 e. The van der Waals surface area contributed by atoms with Crippen LogP contribution < -0.4 is 5.69 Å². The van der Waals surface area contributed by atoms with E-state index in [4.69, 9.17) is 4.74 Å². The summed E-state index contributed by atoms with van der Waals surface area (Å²) in [6.45, 7) is 6.58. The lowest BCUT2D eigenvalue weighted by molar-refractivity contribution is -0.142. The van der Waals surface area contributed by atoms with Gasteiger partial charge in [-0.15, -0.1) is 0 Å². The number of rotatable bonds is 4. The molecule has 0 radical (unpaired) electrons. The van der Waals surface area contributed by atoms with Gasteiger partial charge in [-0.05, 0) is 45.1 Å². The predicted octanol–water partition coefficient (Wildman–Crippen LogP) is 2.62. The van der Waals surface area contributed by atoms with Gasteiger partial charge in [0.1, 0.15) is 5.82 Å². The van der Waals surface area contributed by atoms with Crippen molar-refractivity contribution in [2.24, 2.45) is 7.05 Å². The molecule has 2 aliphatic rings. The zero-order chi connectivity index (χ0) is 21.3. The molecule has 1 aromatic heterocycles. The Balaban J connectivity index is 1.64. The molecule has 0 spiro atoms. The van der Waals surface area contributed by atoms with E-state index in [2.05, 4.69) is 17.2 Å². The van der Waals surface area contributed by atoms with Crippen molar-refractivity contribution in [3.05, 3.63) is 52.2 Å². The van der Waals surface area contributed by atoms with Crippen molar-refractivity contribution in [2.45, 2.75) is 56.9 Å². The average Bonchev–Trinajstić information content (AvgIpc) is 3.09. The van der Waals surface area contributed by atoms with Crippen LogP contribution in [0.5, 0.6) is 0 Å².